The molecule has 1 aliphatic carbocycles. The summed E-state index contributed by atoms with van der Waals surface area (Å²) in [5, 5.41) is 0. The Morgan fingerprint density at radius 1 is 1.37 bits per heavy atom. The van der Waals surface area contributed by atoms with Crippen molar-refractivity contribution < 1.29 is 8.42 Å². The van der Waals surface area contributed by atoms with Crippen LogP contribution in [0.3, 0.4) is 0 Å². The summed E-state index contributed by atoms with van der Waals surface area (Å²) in [5.41, 5.74) is 0.970. The van der Waals surface area contributed by atoms with Crippen LogP contribution in [0.4, 0.5) is 0 Å². The fourth-order valence-corrected chi connectivity index (χ4v) is 5.83. The topological polar surface area (TPSA) is 46.2 Å². The van der Waals surface area contributed by atoms with Crippen LogP contribution in [-0.4, -0.2) is 15.0 Å². The van der Waals surface area contributed by atoms with Crippen molar-refractivity contribution in [1.82, 2.24) is 4.72 Å². The number of hydrogen-bond acceptors (Lipinski definition) is 3. The van der Waals surface area contributed by atoms with Crippen molar-refractivity contribution in [2.75, 3.05) is 6.54 Å². The third-order valence-electron chi connectivity index (χ3n) is 3.67. The monoisotopic (exact) mass is 365 g/mol. The first-order chi connectivity index (χ1) is 8.99. The average molecular weight is 366 g/mol. The van der Waals surface area contributed by atoms with E-state index in [-0.39, 0.29) is 0 Å². The molecule has 1 N–H and O–H groups in total. The number of sulfonamides is 1. The smallest absolute Gasteiger partial charge is 0.210 e. The molecule has 19 heavy (non-hydrogen) atoms. The Labute approximate surface area is 128 Å². The first kappa shape index (κ1) is 15.5. The summed E-state index contributed by atoms with van der Waals surface area (Å²) in [7, 11) is -3.32. The van der Waals surface area contributed by atoms with Crippen molar-refractivity contribution in [2.24, 2.45) is 5.92 Å². The van der Waals surface area contributed by atoms with Crippen molar-refractivity contribution in [3.63, 3.8) is 0 Å². The van der Waals surface area contributed by atoms with Crippen LogP contribution in [0.5, 0.6) is 0 Å². The molecule has 108 valence electrons. The van der Waals surface area contributed by atoms with Crippen molar-refractivity contribution in [2.45, 2.75) is 49.7 Å². The molecule has 1 aromatic heterocycles. The van der Waals surface area contributed by atoms with Gasteiger partial charge >= 0.3 is 0 Å². The summed E-state index contributed by atoms with van der Waals surface area (Å²) in [6, 6.07) is 1.72. The van der Waals surface area contributed by atoms with Crippen molar-refractivity contribution in [3.8, 4) is 0 Å². The molecule has 1 heterocycles. The molecule has 6 heteroatoms. The molecule has 0 aliphatic heterocycles. The van der Waals surface area contributed by atoms with E-state index < -0.39 is 10.0 Å². The maximum Gasteiger partial charge on any atom is 0.250 e. The first-order valence-corrected chi connectivity index (χ1v) is 9.84. The molecule has 0 bridgehead atoms. The highest BCUT2D eigenvalue weighted by atomic mass is 79.9. The van der Waals surface area contributed by atoms with Gasteiger partial charge in [0.1, 0.15) is 4.21 Å². The second-order valence-corrected chi connectivity index (χ2v) is 9.58. The molecule has 0 unspecified atom stereocenters. The molecular weight excluding hydrogens is 346 g/mol. The van der Waals surface area contributed by atoms with Crippen LogP contribution in [0.2, 0.25) is 0 Å². The molecule has 1 aliphatic rings. The Morgan fingerprint density at radius 3 is 2.63 bits per heavy atom. The zero-order valence-electron chi connectivity index (χ0n) is 11.1. The third kappa shape index (κ3) is 4.28. The number of nitrogens with one attached hydrogen (secondary N) is 1. The predicted octanol–water partition coefficient (Wildman–Crippen LogP) is 4.07. The standard InChI is InChI=1S/C13H20BrNO2S2/c1-10-9-12(18-13(10)14)19(16,17)15-8-7-11-5-3-2-4-6-11/h9,11,15H,2-8H2,1H3. The number of rotatable bonds is 5. The lowest BCUT2D eigenvalue weighted by molar-refractivity contribution is 0.340. The SMILES string of the molecule is Cc1cc(S(=O)(=O)NCCC2CCCCC2)sc1Br. The molecule has 0 spiro atoms. The van der Waals surface area contributed by atoms with Crippen LogP contribution in [0.1, 0.15) is 44.1 Å². The maximum absolute atomic E-state index is 12.1. The van der Waals surface area contributed by atoms with Gasteiger partial charge in [0.2, 0.25) is 10.0 Å². The van der Waals surface area contributed by atoms with Crippen LogP contribution >= 0.6 is 27.3 Å². The van der Waals surface area contributed by atoms with Gasteiger partial charge < -0.3 is 0 Å². The summed E-state index contributed by atoms with van der Waals surface area (Å²) >= 11 is 4.64. The highest BCUT2D eigenvalue weighted by Gasteiger charge is 2.19. The van der Waals surface area contributed by atoms with E-state index in [4.69, 9.17) is 0 Å². The van der Waals surface area contributed by atoms with E-state index in [1.807, 2.05) is 6.92 Å². The minimum absolute atomic E-state index is 0.403. The lowest BCUT2D eigenvalue weighted by Crippen LogP contribution is -2.26. The van der Waals surface area contributed by atoms with Crippen molar-refractivity contribution >= 4 is 37.3 Å². The summed E-state index contributed by atoms with van der Waals surface area (Å²) in [5.74, 6) is 0.702. The van der Waals surface area contributed by atoms with E-state index >= 15 is 0 Å². The average Bonchev–Trinajstić information content (AvgIpc) is 2.72. The van der Waals surface area contributed by atoms with Gasteiger partial charge in [0.25, 0.3) is 0 Å². The van der Waals surface area contributed by atoms with Crippen LogP contribution < -0.4 is 4.72 Å². The quantitative estimate of drug-likeness (QED) is 0.854. The molecule has 0 atom stereocenters. The maximum atomic E-state index is 12.1. The Bertz CT molecular complexity index is 499. The van der Waals surface area contributed by atoms with E-state index in [1.165, 1.54) is 43.4 Å². The first-order valence-electron chi connectivity index (χ1n) is 6.74. The van der Waals surface area contributed by atoms with E-state index in [9.17, 15) is 8.42 Å². The zero-order chi connectivity index (χ0) is 13.9. The molecule has 1 aromatic rings. The summed E-state index contributed by atoms with van der Waals surface area (Å²) in [4.78, 5) is 0. The molecule has 0 amide bonds. The van der Waals surface area contributed by atoms with E-state index in [0.29, 0.717) is 16.7 Å². The van der Waals surface area contributed by atoms with Crippen LogP contribution in [0.25, 0.3) is 0 Å². The molecule has 0 saturated heterocycles. The van der Waals surface area contributed by atoms with Gasteiger partial charge in [-0.25, -0.2) is 13.1 Å². The lowest BCUT2D eigenvalue weighted by atomic mass is 9.87. The fraction of sp³-hybridized carbons (Fsp3) is 0.692. The summed E-state index contributed by atoms with van der Waals surface area (Å²) in [6.45, 7) is 2.46. The Kier molecular flexibility index (Phi) is 5.45. The Morgan fingerprint density at radius 2 is 2.05 bits per heavy atom. The van der Waals surface area contributed by atoms with Gasteiger partial charge in [-0.15, -0.1) is 11.3 Å². The van der Waals surface area contributed by atoms with Gasteiger partial charge in [-0.05, 0) is 46.8 Å². The molecule has 0 aromatic carbocycles. The Hall–Kier alpha value is 0.0900. The summed E-state index contributed by atoms with van der Waals surface area (Å²) in [6.07, 6.45) is 7.41. The third-order valence-corrected chi connectivity index (χ3v) is 7.74. The summed E-state index contributed by atoms with van der Waals surface area (Å²) < 4.78 is 28.3. The zero-order valence-corrected chi connectivity index (χ0v) is 14.3. The van der Waals surface area contributed by atoms with E-state index in [2.05, 4.69) is 20.7 Å². The van der Waals surface area contributed by atoms with Gasteiger partial charge in [0.15, 0.2) is 0 Å². The molecule has 3 nitrogen and oxygen atoms in total. The minimum atomic E-state index is -3.32. The molecule has 1 fully saturated rings. The highest BCUT2D eigenvalue weighted by molar-refractivity contribution is 9.11. The number of hydrogen-bond donors (Lipinski definition) is 1. The fourth-order valence-electron chi connectivity index (χ4n) is 2.51. The largest absolute Gasteiger partial charge is 0.250 e. The van der Waals surface area contributed by atoms with Gasteiger partial charge in [0.05, 0.1) is 3.79 Å². The molecular formula is C13H20BrNO2S2. The molecule has 2 rings (SSSR count). The van der Waals surface area contributed by atoms with Crippen LogP contribution in [0.15, 0.2) is 14.1 Å². The normalized spacial score (nSPS) is 17.8. The molecule has 0 radical (unpaired) electrons. The predicted molar refractivity (Wildman–Crippen MR) is 83.1 cm³/mol. The van der Waals surface area contributed by atoms with E-state index in [1.54, 1.807) is 6.07 Å². The second-order valence-electron chi connectivity index (χ2n) is 5.21. The Balaban J connectivity index is 1.87. The van der Waals surface area contributed by atoms with E-state index in [0.717, 1.165) is 15.8 Å². The van der Waals surface area contributed by atoms with Crippen LogP contribution in [-0.2, 0) is 10.0 Å². The van der Waals surface area contributed by atoms with Gasteiger partial charge in [0, 0.05) is 6.54 Å². The second kappa shape index (κ2) is 6.70. The number of aryl methyl sites for hydroxylation is 1. The minimum Gasteiger partial charge on any atom is -0.210 e. The van der Waals surface area contributed by atoms with Gasteiger partial charge in [-0.1, -0.05) is 32.1 Å². The van der Waals surface area contributed by atoms with Crippen molar-refractivity contribution in [3.05, 3.63) is 15.4 Å². The number of halogens is 1. The lowest BCUT2D eigenvalue weighted by Gasteiger charge is -2.21. The highest BCUT2D eigenvalue weighted by Crippen LogP contribution is 2.30. The molecule has 1 saturated carbocycles. The van der Waals surface area contributed by atoms with Gasteiger partial charge in [-0.2, -0.15) is 0 Å². The van der Waals surface area contributed by atoms with Crippen LogP contribution in [0, 0.1) is 12.8 Å². The van der Waals surface area contributed by atoms with Crippen molar-refractivity contribution in [1.29, 1.82) is 0 Å². The van der Waals surface area contributed by atoms with Gasteiger partial charge in [-0.3, -0.25) is 0 Å². The number of thiophene rings is 1.